The second-order valence-corrected chi connectivity index (χ2v) is 6.75. The van der Waals surface area contributed by atoms with Crippen LogP contribution < -0.4 is 4.90 Å². The molecule has 0 N–H and O–H groups in total. The summed E-state index contributed by atoms with van der Waals surface area (Å²) in [6.07, 6.45) is 4.99. The van der Waals surface area contributed by atoms with E-state index in [-0.39, 0.29) is 11.8 Å². The van der Waals surface area contributed by atoms with Crippen molar-refractivity contribution in [3.63, 3.8) is 0 Å². The van der Waals surface area contributed by atoms with Crippen LogP contribution in [-0.4, -0.2) is 63.1 Å². The third kappa shape index (κ3) is 3.40. The van der Waals surface area contributed by atoms with E-state index >= 15 is 0 Å². The van der Waals surface area contributed by atoms with Crippen LogP contribution in [0.5, 0.6) is 0 Å². The first-order valence-electron chi connectivity index (χ1n) is 8.89. The van der Waals surface area contributed by atoms with Gasteiger partial charge in [-0.25, -0.2) is 0 Å². The quantitative estimate of drug-likeness (QED) is 0.693. The fourth-order valence-electron chi connectivity index (χ4n) is 3.28. The molecule has 1 saturated heterocycles. The standard InChI is InChI=1S/C18H21N7O2/c1-23(2)18-21-16(27-22-18)13-6-5-11-24(12-13)17(26)14-7-3-4-8-15(14)25-19-9-10-20-25/h3-4,7-10,13H,5-6,11-12H2,1-2H3. The summed E-state index contributed by atoms with van der Waals surface area (Å²) in [5, 5.41) is 12.3. The molecule has 0 spiro atoms. The maximum atomic E-state index is 13.2. The summed E-state index contributed by atoms with van der Waals surface area (Å²) < 4.78 is 5.42. The summed E-state index contributed by atoms with van der Waals surface area (Å²) in [6, 6.07) is 7.37. The second kappa shape index (κ2) is 7.18. The lowest BCUT2D eigenvalue weighted by Crippen LogP contribution is -2.39. The zero-order valence-corrected chi connectivity index (χ0v) is 15.3. The third-order valence-electron chi connectivity index (χ3n) is 4.66. The second-order valence-electron chi connectivity index (χ2n) is 6.75. The summed E-state index contributed by atoms with van der Waals surface area (Å²) in [5.41, 5.74) is 1.25. The number of carbonyl (C=O) groups is 1. The number of hydrogen-bond acceptors (Lipinski definition) is 7. The number of rotatable bonds is 4. The van der Waals surface area contributed by atoms with E-state index in [0.29, 0.717) is 36.2 Å². The molecule has 1 fully saturated rings. The molecule has 3 aromatic rings. The Kier molecular flexibility index (Phi) is 4.57. The highest BCUT2D eigenvalue weighted by Crippen LogP contribution is 2.28. The summed E-state index contributed by atoms with van der Waals surface area (Å²) in [4.78, 5) is 22.7. The molecule has 1 aliphatic rings. The van der Waals surface area contributed by atoms with Gasteiger partial charge in [-0.1, -0.05) is 12.1 Å². The number of amides is 1. The van der Waals surface area contributed by atoms with Crippen LogP contribution in [0.4, 0.5) is 5.95 Å². The maximum absolute atomic E-state index is 13.2. The summed E-state index contributed by atoms with van der Waals surface area (Å²) in [6.45, 7) is 1.25. The molecule has 0 radical (unpaired) electrons. The van der Waals surface area contributed by atoms with E-state index in [0.717, 1.165) is 12.8 Å². The van der Waals surface area contributed by atoms with Crippen molar-refractivity contribution in [3.8, 4) is 5.69 Å². The van der Waals surface area contributed by atoms with Crippen LogP contribution in [0.1, 0.15) is 35.0 Å². The van der Waals surface area contributed by atoms with Crippen LogP contribution in [0, 0.1) is 0 Å². The highest BCUT2D eigenvalue weighted by molar-refractivity contribution is 5.97. The lowest BCUT2D eigenvalue weighted by molar-refractivity contribution is 0.0695. The van der Waals surface area contributed by atoms with E-state index in [1.807, 2.05) is 43.3 Å². The molecule has 1 unspecified atom stereocenters. The first-order valence-corrected chi connectivity index (χ1v) is 8.89. The Morgan fingerprint density at radius 2 is 2.00 bits per heavy atom. The average Bonchev–Trinajstić information content (AvgIpc) is 3.39. The van der Waals surface area contributed by atoms with Gasteiger partial charge in [0.05, 0.1) is 29.6 Å². The van der Waals surface area contributed by atoms with Gasteiger partial charge in [-0.3, -0.25) is 4.79 Å². The van der Waals surface area contributed by atoms with Crippen LogP contribution in [0.2, 0.25) is 0 Å². The summed E-state index contributed by atoms with van der Waals surface area (Å²) >= 11 is 0. The predicted octanol–water partition coefficient (Wildman–Crippen LogP) is 1.74. The molecule has 9 nitrogen and oxygen atoms in total. The number of para-hydroxylation sites is 1. The smallest absolute Gasteiger partial charge is 0.265 e. The van der Waals surface area contributed by atoms with Crippen molar-refractivity contribution < 1.29 is 9.32 Å². The molecule has 9 heteroatoms. The molecule has 1 amide bonds. The fraction of sp³-hybridized carbons (Fsp3) is 0.389. The van der Waals surface area contributed by atoms with Crippen molar-refractivity contribution in [2.24, 2.45) is 0 Å². The summed E-state index contributed by atoms with van der Waals surface area (Å²) in [7, 11) is 3.73. The maximum Gasteiger partial charge on any atom is 0.265 e. The Morgan fingerprint density at radius 1 is 1.22 bits per heavy atom. The van der Waals surface area contributed by atoms with Gasteiger partial charge in [-0.05, 0) is 30.1 Å². The predicted molar refractivity (Wildman–Crippen MR) is 97.9 cm³/mol. The lowest BCUT2D eigenvalue weighted by Gasteiger charge is -2.31. The first-order chi connectivity index (χ1) is 13.1. The van der Waals surface area contributed by atoms with Crippen molar-refractivity contribution in [2.45, 2.75) is 18.8 Å². The van der Waals surface area contributed by atoms with Crippen molar-refractivity contribution in [1.82, 2.24) is 30.0 Å². The number of likely N-dealkylation sites (tertiary alicyclic amines) is 1. The largest absolute Gasteiger partial charge is 0.344 e. The average molecular weight is 367 g/mol. The third-order valence-corrected chi connectivity index (χ3v) is 4.66. The number of benzene rings is 1. The van der Waals surface area contributed by atoms with E-state index in [9.17, 15) is 4.79 Å². The molecule has 27 heavy (non-hydrogen) atoms. The van der Waals surface area contributed by atoms with E-state index in [1.54, 1.807) is 17.3 Å². The molecule has 2 aromatic heterocycles. The Bertz CT molecular complexity index is 919. The number of carbonyl (C=O) groups excluding carboxylic acids is 1. The molecule has 0 bridgehead atoms. The van der Waals surface area contributed by atoms with Gasteiger partial charge in [0.25, 0.3) is 11.9 Å². The monoisotopic (exact) mass is 367 g/mol. The van der Waals surface area contributed by atoms with Gasteiger partial charge in [0.15, 0.2) is 0 Å². The van der Waals surface area contributed by atoms with Gasteiger partial charge >= 0.3 is 0 Å². The number of hydrogen-bond donors (Lipinski definition) is 0. The minimum atomic E-state index is -0.0417. The zero-order valence-electron chi connectivity index (χ0n) is 15.3. The molecule has 0 aliphatic carbocycles. The van der Waals surface area contributed by atoms with Crippen LogP contribution in [0.25, 0.3) is 5.69 Å². The van der Waals surface area contributed by atoms with E-state index < -0.39 is 0 Å². The van der Waals surface area contributed by atoms with Crippen LogP contribution in [0.15, 0.2) is 41.2 Å². The Hall–Kier alpha value is -3.23. The highest BCUT2D eigenvalue weighted by atomic mass is 16.5. The minimum absolute atomic E-state index is 0.0406. The van der Waals surface area contributed by atoms with Crippen LogP contribution in [0.3, 0.4) is 0 Å². The molecule has 3 heterocycles. The number of aromatic nitrogens is 5. The van der Waals surface area contributed by atoms with Gasteiger partial charge in [-0.15, -0.1) is 0 Å². The highest BCUT2D eigenvalue weighted by Gasteiger charge is 2.30. The Labute approximate surface area is 156 Å². The molecular formula is C18H21N7O2. The Morgan fingerprint density at radius 3 is 2.74 bits per heavy atom. The molecular weight excluding hydrogens is 346 g/mol. The molecule has 4 rings (SSSR count). The minimum Gasteiger partial charge on any atom is -0.344 e. The fourth-order valence-corrected chi connectivity index (χ4v) is 3.28. The van der Waals surface area contributed by atoms with Gasteiger partial charge in [-0.2, -0.15) is 20.0 Å². The van der Waals surface area contributed by atoms with Crippen LogP contribution >= 0.6 is 0 Å². The van der Waals surface area contributed by atoms with E-state index in [1.165, 1.54) is 4.80 Å². The van der Waals surface area contributed by atoms with Gasteiger partial charge in [0.1, 0.15) is 0 Å². The molecule has 1 aliphatic heterocycles. The molecule has 0 saturated carbocycles. The van der Waals surface area contributed by atoms with Crippen molar-refractivity contribution >= 4 is 11.9 Å². The zero-order chi connectivity index (χ0) is 18.8. The van der Waals surface area contributed by atoms with Gasteiger partial charge in [0.2, 0.25) is 5.89 Å². The van der Waals surface area contributed by atoms with Gasteiger partial charge in [0, 0.05) is 27.2 Å². The summed E-state index contributed by atoms with van der Waals surface area (Å²) in [5.74, 6) is 1.13. The lowest BCUT2D eigenvalue weighted by atomic mass is 9.97. The first kappa shape index (κ1) is 17.2. The number of anilines is 1. The van der Waals surface area contributed by atoms with E-state index in [4.69, 9.17) is 4.52 Å². The van der Waals surface area contributed by atoms with Crippen LogP contribution in [-0.2, 0) is 0 Å². The SMILES string of the molecule is CN(C)c1noc(C2CCCN(C(=O)c3ccccc3-n3nccn3)C2)n1. The van der Waals surface area contributed by atoms with Crippen molar-refractivity contribution in [1.29, 1.82) is 0 Å². The van der Waals surface area contributed by atoms with Gasteiger partial charge < -0.3 is 14.3 Å². The van der Waals surface area contributed by atoms with E-state index in [2.05, 4.69) is 20.3 Å². The molecule has 1 aromatic carbocycles. The Balaban J connectivity index is 1.56. The topological polar surface area (TPSA) is 93.2 Å². The van der Waals surface area contributed by atoms with Crippen molar-refractivity contribution in [2.75, 3.05) is 32.1 Å². The molecule has 1 atom stereocenters. The molecule has 140 valence electrons. The normalized spacial score (nSPS) is 17.1. The number of nitrogens with zero attached hydrogens (tertiary/aromatic N) is 7. The van der Waals surface area contributed by atoms with Crippen molar-refractivity contribution in [3.05, 3.63) is 48.1 Å². The number of piperidine rings is 1.